The fraction of sp³-hybridized carbons (Fsp3) is 0.360. The number of hydrogen-bond donors (Lipinski definition) is 0. The van der Waals surface area contributed by atoms with Crippen molar-refractivity contribution in [3.63, 3.8) is 0 Å². The summed E-state index contributed by atoms with van der Waals surface area (Å²) < 4.78 is 33.0. The van der Waals surface area contributed by atoms with Gasteiger partial charge in [0.05, 0.1) is 17.9 Å². The third-order valence-corrected chi connectivity index (χ3v) is 5.94. The van der Waals surface area contributed by atoms with Crippen LogP contribution in [0.1, 0.15) is 38.7 Å². The molecule has 0 aromatic heterocycles. The van der Waals surface area contributed by atoms with Crippen LogP contribution in [0.4, 0.5) is 14.5 Å². The molecule has 2 aliphatic rings. The van der Waals surface area contributed by atoms with Crippen molar-refractivity contribution in [2.45, 2.75) is 33.1 Å². The minimum absolute atomic E-state index is 0.0136. The highest BCUT2D eigenvalue weighted by Crippen LogP contribution is 2.37. The first-order valence-electron chi connectivity index (χ1n) is 11.0. The predicted octanol–water partition coefficient (Wildman–Crippen LogP) is 4.77. The van der Waals surface area contributed by atoms with Gasteiger partial charge < -0.3 is 9.64 Å². The summed E-state index contributed by atoms with van der Waals surface area (Å²) >= 11 is 0. The third-order valence-electron chi connectivity index (χ3n) is 5.94. The molecule has 0 unspecified atom stereocenters. The van der Waals surface area contributed by atoms with Gasteiger partial charge in [0.25, 0.3) is 11.8 Å². The molecule has 5 nitrogen and oxygen atoms in total. The Morgan fingerprint density at radius 2 is 1.66 bits per heavy atom. The minimum Gasteiger partial charge on any atom is -0.494 e. The number of halogens is 2. The van der Waals surface area contributed by atoms with E-state index >= 15 is 0 Å². The summed E-state index contributed by atoms with van der Waals surface area (Å²) in [5.74, 6) is -1.98. The summed E-state index contributed by atoms with van der Waals surface area (Å²) in [6.45, 7) is 6.07. The quantitative estimate of drug-likeness (QED) is 0.607. The molecule has 2 aliphatic heterocycles. The zero-order valence-corrected chi connectivity index (χ0v) is 18.2. The molecule has 0 bridgehead atoms. The van der Waals surface area contributed by atoms with E-state index in [4.69, 9.17) is 4.74 Å². The number of carbonyl (C=O) groups is 2. The Kier molecular flexibility index (Phi) is 6.26. The number of piperidine rings is 1. The fourth-order valence-corrected chi connectivity index (χ4v) is 4.10. The normalized spacial score (nSPS) is 17.5. The van der Waals surface area contributed by atoms with Crippen molar-refractivity contribution < 1.29 is 23.1 Å². The third kappa shape index (κ3) is 4.11. The summed E-state index contributed by atoms with van der Waals surface area (Å²) in [6.07, 6.45) is 2.70. The van der Waals surface area contributed by atoms with E-state index in [2.05, 4.69) is 6.92 Å². The molecule has 0 N–H and O–H groups in total. The molecule has 0 saturated carbocycles. The SMILES string of the molecule is CCCOc1ccc(C2=C(N3CCC(C)CC3)C(=O)N(c3ccc(F)c(F)c3)C2=O)cc1. The number of anilines is 1. The lowest BCUT2D eigenvalue weighted by Crippen LogP contribution is -2.38. The summed E-state index contributed by atoms with van der Waals surface area (Å²) in [4.78, 5) is 29.8. The Labute approximate surface area is 186 Å². The van der Waals surface area contributed by atoms with Crippen LogP contribution in [0.3, 0.4) is 0 Å². The second-order valence-electron chi connectivity index (χ2n) is 8.31. The molecule has 0 aliphatic carbocycles. The molecule has 32 heavy (non-hydrogen) atoms. The Morgan fingerprint density at radius 1 is 0.969 bits per heavy atom. The highest BCUT2D eigenvalue weighted by molar-refractivity contribution is 6.45. The number of hydrogen-bond acceptors (Lipinski definition) is 4. The molecule has 0 radical (unpaired) electrons. The van der Waals surface area contributed by atoms with Crippen LogP contribution < -0.4 is 9.64 Å². The van der Waals surface area contributed by atoms with Crippen molar-refractivity contribution in [1.82, 2.24) is 4.90 Å². The van der Waals surface area contributed by atoms with Crippen LogP contribution in [0, 0.1) is 17.6 Å². The highest BCUT2D eigenvalue weighted by Gasteiger charge is 2.43. The minimum atomic E-state index is -1.11. The predicted molar refractivity (Wildman–Crippen MR) is 118 cm³/mol. The number of carbonyl (C=O) groups excluding carboxylic acids is 2. The number of amides is 2. The molecule has 2 aromatic rings. The van der Waals surface area contributed by atoms with E-state index < -0.39 is 23.4 Å². The molecule has 0 spiro atoms. The second-order valence-corrected chi connectivity index (χ2v) is 8.31. The largest absolute Gasteiger partial charge is 0.494 e. The summed E-state index contributed by atoms with van der Waals surface area (Å²) in [7, 11) is 0. The first-order chi connectivity index (χ1) is 15.4. The first kappa shape index (κ1) is 22.0. The van der Waals surface area contributed by atoms with Crippen LogP contribution in [-0.2, 0) is 9.59 Å². The fourth-order valence-electron chi connectivity index (χ4n) is 4.10. The lowest BCUT2D eigenvalue weighted by atomic mass is 9.97. The molecule has 2 heterocycles. The molecule has 2 amide bonds. The summed E-state index contributed by atoms with van der Waals surface area (Å²) in [5.41, 5.74) is 1.19. The molecule has 1 fully saturated rings. The molecule has 1 saturated heterocycles. The van der Waals surface area contributed by atoms with Gasteiger partial charge in [0.15, 0.2) is 11.6 Å². The Morgan fingerprint density at radius 3 is 2.28 bits per heavy atom. The van der Waals surface area contributed by atoms with Crippen molar-refractivity contribution in [1.29, 1.82) is 0 Å². The molecular weight excluding hydrogens is 414 g/mol. The van der Waals surface area contributed by atoms with Crippen LogP contribution in [-0.4, -0.2) is 36.4 Å². The van der Waals surface area contributed by atoms with Gasteiger partial charge in [0.2, 0.25) is 0 Å². The lowest BCUT2D eigenvalue weighted by molar-refractivity contribution is -0.120. The zero-order chi connectivity index (χ0) is 22.8. The van der Waals surface area contributed by atoms with Crippen LogP contribution in [0.25, 0.3) is 5.57 Å². The van der Waals surface area contributed by atoms with Gasteiger partial charge in [-0.3, -0.25) is 9.59 Å². The molecule has 168 valence electrons. The van der Waals surface area contributed by atoms with E-state index in [0.29, 0.717) is 42.6 Å². The van der Waals surface area contributed by atoms with Crippen molar-refractivity contribution >= 4 is 23.1 Å². The van der Waals surface area contributed by atoms with E-state index in [1.807, 2.05) is 11.8 Å². The maximum atomic E-state index is 13.9. The van der Waals surface area contributed by atoms with Gasteiger partial charge in [-0.15, -0.1) is 0 Å². The maximum absolute atomic E-state index is 13.9. The van der Waals surface area contributed by atoms with Gasteiger partial charge in [-0.2, -0.15) is 0 Å². The average molecular weight is 440 g/mol. The average Bonchev–Trinajstić information content (AvgIpc) is 3.05. The number of likely N-dealkylation sites (tertiary alicyclic amines) is 1. The molecule has 7 heteroatoms. The van der Waals surface area contributed by atoms with Crippen LogP contribution >= 0.6 is 0 Å². The van der Waals surface area contributed by atoms with Crippen LogP contribution in [0.5, 0.6) is 5.75 Å². The summed E-state index contributed by atoms with van der Waals surface area (Å²) in [5, 5.41) is 0. The van der Waals surface area contributed by atoms with E-state index in [-0.39, 0.29) is 11.3 Å². The number of nitrogens with zero attached hydrogens (tertiary/aromatic N) is 2. The zero-order valence-electron chi connectivity index (χ0n) is 18.2. The van der Waals surface area contributed by atoms with E-state index in [9.17, 15) is 18.4 Å². The van der Waals surface area contributed by atoms with Gasteiger partial charge in [-0.25, -0.2) is 13.7 Å². The lowest BCUT2D eigenvalue weighted by Gasteiger charge is -2.32. The molecular formula is C25H26F2N2O3. The first-order valence-corrected chi connectivity index (χ1v) is 11.0. The number of ether oxygens (including phenoxy) is 1. The summed E-state index contributed by atoms with van der Waals surface area (Å²) in [6, 6.07) is 10.1. The number of imide groups is 1. The molecule has 4 rings (SSSR count). The van der Waals surface area contributed by atoms with Crippen LogP contribution in [0.2, 0.25) is 0 Å². The monoisotopic (exact) mass is 440 g/mol. The van der Waals surface area contributed by atoms with Crippen molar-refractivity contribution in [2.24, 2.45) is 5.92 Å². The standard InChI is InChI=1S/C25H26F2N2O3/c1-3-14-32-19-7-4-17(5-8-19)22-23(28-12-10-16(2)11-13-28)25(31)29(24(22)30)18-6-9-20(26)21(27)15-18/h4-9,15-16H,3,10-14H2,1-2H3. The van der Waals surface area contributed by atoms with Crippen molar-refractivity contribution in [3.05, 3.63) is 65.4 Å². The van der Waals surface area contributed by atoms with E-state index in [1.54, 1.807) is 24.3 Å². The Bertz CT molecular complexity index is 1060. The Hall–Kier alpha value is -3.22. The smallest absolute Gasteiger partial charge is 0.282 e. The van der Waals surface area contributed by atoms with E-state index in [0.717, 1.165) is 36.3 Å². The topological polar surface area (TPSA) is 49.9 Å². The van der Waals surface area contributed by atoms with Gasteiger partial charge in [-0.1, -0.05) is 26.0 Å². The van der Waals surface area contributed by atoms with Gasteiger partial charge in [-0.05, 0) is 55.0 Å². The van der Waals surface area contributed by atoms with Gasteiger partial charge >= 0.3 is 0 Å². The highest BCUT2D eigenvalue weighted by atomic mass is 19.2. The molecule has 0 atom stereocenters. The Balaban J connectivity index is 1.75. The van der Waals surface area contributed by atoms with Gasteiger partial charge in [0, 0.05) is 19.2 Å². The van der Waals surface area contributed by atoms with Crippen molar-refractivity contribution in [3.8, 4) is 5.75 Å². The van der Waals surface area contributed by atoms with E-state index in [1.165, 1.54) is 6.07 Å². The van der Waals surface area contributed by atoms with Crippen LogP contribution in [0.15, 0.2) is 48.2 Å². The number of rotatable bonds is 6. The molecule has 2 aromatic carbocycles. The number of benzene rings is 2. The second kappa shape index (κ2) is 9.10. The van der Waals surface area contributed by atoms with Gasteiger partial charge in [0.1, 0.15) is 11.4 Å². The van der Waals surface area contributed by atoms with Crippen molar-refractivity contribution in [2.75, 3.05) is 24.6 Å². The maximum Gasteiger partial charge on any atom is 0.282 e.